The third-order valence-electron chi connectivity index (χ3n) is 5.72. The Kier molecular flexibility index (Phi) is 7.03. The number of carbonyl (C=O) groups is 1. The summed E-state index contributed by atoms with van der Waals surface area (Å²) >= 11 is 0. The van der Waals surface area contributed by atoms with Crippen LogP contribution in [0.3, 0.4) is 0 Å². The molecule has 1 fully saturated rings. The van der Waals surface area contributed by atoms with Crippen LogP contribution in [0, 0.1) is 11.3 Å². The van der Waals surface area contributed by atoms with Gasteiger partial charge in [-0.25, -0.2) is 0 Å². The van der Waals surface area contributed by atoms with Gasteiger partial charge in [-0.15, -0.1) is 0 Å². The first kappa shape index (κ1) is 22.1. The zero-order valence-electron chi connectivity index (χ0n) is 18.5. The van der Waals surface area contributed by atoms with E-state index in [0.717, 1.165) is 31.0 Å². The lowest BCUT2D eigenvalue weighted by molar-refractivity contribution is -0.128. The number of amides is 1. The number of hydrogen-bond acceptors (Lipinski definition) is 5. The molecule has 4 rings (SSSR count). The number of benzene rings is 3. The Balaban J connectivity index is 1.50. The SMILES string of the molecule is N#C/C(=C/N(c1ccccc1)c1ccc(N)cc1)C(=O)N1CCN(Cc2ccccc2)CC1. The first-order valence-electron chi connectivity index (χ1n) is 11.0. The summed E-state index contributed by atoms with van der Waals surface area (Å²) in [5.74, 6) is -0.242. The van der Waals surface area contributed by atoms with Crippen molar-refractivity contribution in [3.8, 4) is 6.07 Å². The van der Waals surface area contributed by atoms with Crippen molar-refractivity contribution in [3.63, 3.8) is 0 Å². The van der Waals surface area contributed by atoms with E-state index in [4.69, 9.17) is 5.73 Å². The van der Waals surface area contributed by atoms with Crippen LogP contribution in [-0.2, 0) is 11.3 Å². The van der Waals surface area contributed by atoms with Gasteiger partial charge < -0.3 is 15.5 Å². The smallest absolute Gasteiger partial charge is 0.266 e. The quantitative estimate of drug-likeness (QED) is 0.356. The lowest BCUT2D eigenvalue weighted by Crippen LogP contribution is -2.48. The maximum Gasteiger partial charge on any atom is 0.266 e. The number of hydrogen-bond donors (Lipinski definition) is 1. The van der Waals surface area contributed by atoms with Gasteiger partial charge in [-0.1, -0.05) is 48.5 Å². The highest BCUT2D eigenvalue weighted by molar-refractivity contribution is 5.98. The Morgan fingerprint density at radius 3 is 2.06 bits per heavy atom. The number of nitrogens with two attached hydrogens (primary N) is 1. The lowest BCUT2D eigenvalue weighted by atomic mass is 10.1. The minimum atomic E-state index is -0.242. The van der Waals surface area contributed by atoms with Gasteiger partial charge in [0, 0.05) is 56.0 Å². The van der Waals surface area contributed by atoms with E-state index in [1.54, 1.807) is 23.2 Å². The summed E-state index contributed by atoms with van der Waals surface area (Å²) in [5.41, 5.74) is 9.55. The van der Waals surface area contributed by atoms with Gasteiger partial charge in [0.15, 0.2) is 0 Å². The van der Waals surface area contributed by atoms with Crippen molar-refractivity contribution >= 4 is 23.0 Å². The van der Waals surface area contributed by atoms with Gasteiger partial charge in [-0.2, -0.15) is 5.26 Å². The van der Waals surface area contributed by atoms with E-state index in [9.17, 15) is 10.1 Å². The minimum Gasteiger partial charge on any atom is -0.399 e. The highest BCUT2D eigenvalue weighted by Crippen LogP contribution is 2.27. The number of nitriles is 1. The number of nitrogen functional groups attached to an aromatic ring is 1. The van der Waals surface area contributed by atoms with Crippen molar-refractivity contribution < 1.29 is 4.79 Å². The van der Waals surface area contributed by atoms with Crippen molar-refractivity contribution in [1.82, 2.24) is 9.80 Å². The van der Waals surface area contributed by atoms with Crippen LogP contribution in [0.5, 0.6) is 0 Å². The van der Waals surface area contributed by atoms with Crippen LogP contribution in [0.15, 0.2) is 96.7 Å². The average Bonchev–Trinajstić information content (AvgIpc) is 2.87. The van der Waals surface area contributed by atoms with Gasteiger partial charge in [-0.3, -0.25) is 9.69 Å². The number of nitrogens with zero attached hydrogens (tertiary/aromatic N) is 4. The van der Waals surface area contributed by atoms with Crippen molar-refractivity contribution in [2.24, 2.45) is 0 Å². The molecule has 3 aromatic rings. The van der Waals surface area contributed by atoms with Gasteiger partial charge in [0.05, 0.1) is 0 Å². The topological polar surface area (TPSA) is 76.6 Å². The van der Waals surface area contributed by atoms with E-state index < -0.39 is 0 Å². The number of anilines is 3. The van der Waals surface area contributed by atoms with E-state index in [0.29, 0.717) is 18.8 Å². The second-order valence-electron chi connectivity index (χ2n) is 8.01. The Bertz CT molecular complexity index is 1130. The standard InChI is InChI=1S/C27H27N5O/c28-19-23(21-32(25-9-5-2-6-10-25)26-13-11-24(29)12-14-26)27(33)31-17-15-30(16-18-31)20-22-7-3-1-4-8-22/h1-14,21H,15-18,20,29H2/b23-21-. The van der Waals surface area contributed by atoms with Crippen molar-refractivity contribution in [1.29, 1.82) is 5.26 Å². The van der Waals surface area contributed by atoms with E-state index in [1.165, 1.54) is 5.56 Å². The number of carbonyl (C=O) groups excluding carboxylic acids is 1. The number of para-hydroxylation sites is 1. The van der Waals surface area contributed by atoms with E-state index in [1.807, 2.05) is 65.6 Å². The maximum atomic E-state index is 13.2. The summed E-state index contributed by atoms with van der Waals surface area (Å²) in [7, 11) is 0. The molecule has 0 spiro atoms. The van der Waals surface area contributed by atoms with E-state index in [2.05, 4.69) is 23.1 Å². The van der Waals surface area contributed by atoms with Gasteiger partial charge in [0.1, 0.15) is 11.6 Å². The monoisotopic (exact) mass is 437 g/mol. The fraction of sp³-hybridized carbons (Fsp3) is 0.185. The molecule has 0 aromatic heterocycles. The van der Waals surface area contributed by atoms with Crippen LogP contribution < -0.4 is 10.6 Å². The molecule has 0 unspecified atom stereocenters. The first-order chi connectivity index (χ1) is 16.1. The van der Waals surface area contributed by atoms with Crippen molar-refractivity contribution in [2.45, 2.75) is 6.54 Å². The molecule has 0 bridgehead atoms. The molecule has 6 nitrogen and oxygen atoms in total. The molecular formula is C27H27N5O. The predicted molar refractivity (Wildman–Crippen MR) is 131 cm³/mol. The van der Waals surface area contributed by atoms with Crippen LogP contribution in [0.2, 0.25) is 0 Å². The third-order valence-corrected chi connectivity index (χ3v) is 5.72. The predicted octanol–water partition coefficient (Wildman–Crippen LogP) is 4.16. The Morgan fingerprint density at radius 2 is 1.45 bits per heavy atom. The molecule has 0 atom stereocenters. The van der Waals surface area contributed by atoms with Crippen LogP contribution in [0.25, 0.3) is 0 Å². The molecule has 166 valence electrons. The van der Waals surface area contributed by atoms with E-state index >= 15 is 0 Å². The summed E-state index contributed by atoms with van der Waals surface area (Å²) in [4.78, 5) is 19.2. The zero-order chi connectivity index (χ0) is 23.0. The first-order valence-corrected chi connectivity index (χ1v) is 11.0. The normalized spacial score (nSPS) is 14.5. The maximum absolute atomic E-state index is 13.2. The van der Waals surface area contributed by atoms with Gasteiger partial charge in [-0.05, 0) is 42.0 Å². The fourth-order valence-electron chi connectivity index (χ4n) is 3.90. The highest BCUT2D eigenvalue weighted by Gasteiger charge is 2.24. The molecule has 1 aliphatic rings. The summed E-state index contributed by atoms with van der Waals surface area (Å²) < 4.78 is 0. The Labute approximate surface area is 194 Å². The number of piperazine rings is 1. The van der Waals surface area contributed by atoms with Crippen molar-refractivity contribution in [2.75, 3.05) is 36.8 Å². The largest absolute Gasteiger partial charge is 0.399 e. The molecule has 0 saturated carbocycles. The second-order valence-corrected chi connectivity index (χ2v) is 8.01. The molecule has 1 amide bonds. The summed E-state index contributed by atoms with van der Waals surface area (Å²) in [6.07, 6.45) is 1.62. The fourth-order valence-corrected chi connectivity index (χ4v) is 3.90. The third kappa shape index (κ3) is 5.59. The lowest BCUT2D eigenvalue weighted by Gasteiger charge is -2.34. The highest BCUT2D eigenvalue weighted by atomic mass is 16.2. The second kappa shape index (κ2) is 10.5. The number of rotatable bonds is 6. The molecule has 0 aliphatic carbocycles. The van der Waals surface area contributed by atoms with Gasteiger partial charge >= 0.3 is 0 Å². The Hall–Kier alpha value is -4.08. The van der Waals surface area contributed by atoms with Crippen molar-refractivity contribution in [3.05, 3.63) is 102 Å². The van der Waals surface area contributed by atoms with E-state index in [-0.39, 0.29) is 11.5 Å². The zero-order valence-corrected chi connectivity index (χ0v) is 18.5. The summed E-state index contributed by atoms with van der Waals surface area (Å²) in [6, 6.07) is 29.5. The molecule has 33 heavy (non-hydrogen) atoms. The molecule has 6 heteroatoms. The van der Waals surface area contributed by atoms with Crippen LogP contribution in [0.1, 0.15) is 5.56 Å². The van der Waals surface area contributed by atoms with Crippen LogP contribution in [-0.4, -0.2) is 41.9 Å². The average molecular weight is 438 g/mol. The molecule has 1 heterocycles. The molecular weight excluding hydrogens is 410 g/mol. The summed E-state index contributed by atoms with van der Waals surface area (Å²) in [6.45, 7) is 3.61. The van der Waals surface area contributed by atoms with Gasteiger partial charge in [0.2, 0.25) is 0 Å². The Morgan fingerprint density at radius 1 is 0.879 bits per heavy atom. The molecule has 1 saturated heterocycles. The molecule has 2 N–H and O–H groups in total. The molecule has 3 aromatic carbocycles. The summed E-state index contributed by atoms with van der Waals surface area (Å²) in [5, 5.41) is 9.84. The van der Waals surface area contributed by atoms with Gasteiger partial charge in [0.25, 0.3) is 5.91 Å². The van der Waals surface area contributed by atoms with Crippen LogP contribution >= 0.6 is 0 Å². The van der Waals surface area contributed by atoms with Crippen LogP contribution in [0.4, 0.5) is 17.1 Å². The minimum absolute atomic E-state index is 0.104. The molecule has 1 aliphatic heterocycles. The molecule has 0 radical (unpaired) electrons.